The first-order valence-electron chi connectivity index (χ1n) is 11.9. The number of fused-ring (bicyclic) bond motifs is 1. The van der Waals surface area contributed by atoms with Crippen LogP contribution in [0.15, 0.2) is 30.3 Å². The highest BCUT2D eigenvalue weighted by Crippen LogP contribution is 2.40. The number of aliphatic hydroxyl groups is 1. The van der Waals surface area contributed by atoms with E-state index >= 15 is 0 Å². The Kier molecular flexibility index (Phi) is 9.35. The van der Waals surface area contributed by atoms with Gasteiger partial charge in [-0.05, 0) is 49.1 Å². The number of hydrogen-bond donors (Lipinski definition) is 4. The summed E-state index contributed by atoms with van der Waals surface area (Å²) in [6.45, 7) is 0.328. The molecule has 1 atom stereocenters. The van der Waals surface area contributed by atoms with Gasteiger partial charge in [0.25, 0.3) is 0 Å². The normalized spacial score (nSPS) is 13.4. The van der Waals surface area contributed by atoms with Gasteiger partial charge in [0.1, 0.15) is 5.75 Å². The minimum Gasteiger partial charge on any atom is -0.507 e. The molecular weight excluding hydrogens is 408 g/mol. The minimum atomic E-state index is -0.972. The Morgan fingerprint density at radius 2 is 1.28 bits per heavy atom. The standard InChI is InChI=1S/C26H36O6/c27-20(25-21(28)14-15-22(29)26(25)30)12-10-8-6-4-2-1-3-5-7-9-11-19-13-16-23-24(17-19)32-18-31-23/h13-17,20,27-30H,1-12,18H2. The van der Waals surface area contributed by atoms with Crippen LogP contribution in [0.2, 0.25) is 0 Å². The van der Waals surface area contributed by atoms with Gasteiger partial charge in [-0.3, -0.25) is 0 Å². The Hall–Kier alpha value is -2.60. The van der Waals surface area contributed by atoms with Crippen LogP contribution >= 0.6 is 0 Å². The fourth-order valence-corrected chi connectivity index (χ4v) is 4.24. The maximum Gasteiger partial charge on any atom is 0.231 e. The Balaban J connectivity index is 1.16. The lowest BCUT2D eigenvalue weighted by Gasteiger charge is -2.15. The lowest BCUT2D eigenvalue weighted by molar-refractivity contribution is 0.155. The van der Waals surface area contributed by atoms with Crippen molar-refractivity contribution in [1.29, 1.82) is 0 Å². The first-order valence-corrected chi connectivity index (χ1v) is 11.9. The zero-order valence-electron chi connectivity index (χ0n) is 18.8. The summed E-state index contributed by atoms with van der Waals surface area (Å²) in [5.74, 6) is 0.759. The molecular formula is C26H36O6. The summed E-state index contributed by atoms with van der Waals surface area (Å²) in [6.07, 6.45) is 12.2. The van der Waals surface area contributed by atoms with E-state index in [2.05, 4.69) is 12.1 Å². The van der Waals surface area contributed by atoms with E-state index in [9.17, 15) is 20.4 Å². The minimum absolute atomic E-state index is 0.0172. The summed E-state index contributed by atoms with van der Waals surface area (Å²) in [6, 6.07) is 8.71. The third-order valence-corrected chi connectivity index (χ3v) is 6.14. The maximum absolute atomic E-state index is 10.2. The van der Waals surface area contributed by atoms with Gasteiger partial charge < -0.3 is 29.9 Å². The van der Waals surface area contributed by atoms with Gasteiger partial charge in [0.05, 0.1) is 11.7 Å². The van der Waals surface area contributed by atoms with Crippen molar-refractivity contribution in [2.45, 2.75) is 83.2 Å². The first kappa shape index (κ1) is 24.1. The highest BCUT2D eigenvalue weighted by Gasteiger charge is 2.19. The van der Waals surface area contributed by atoms with E-state index in [1.807, 2.05) is 6.07 Å². The molecule has 0 aliphatic carbocycles. The molecule has 0 fully saturated rings. The van der Waals surface area contributed by atoms with Crippen LogP contribution in [0.25, 0.3) is 0 Å². The average Bonchev–Trinajstić information content (AvgIpc) is 3.25. The summed E-state index contributed by atoms with van der Waals surface area (Å²) in [4.78, 5) is 0. The van der Waals surface area contributed by atoms with Crippen molar-refractivity contribution in [3.05, 3.63) is 41.5 Å². The smallest absolute Gasteiger partial charge is 0.231 e. The topological polar surface area (TPSA) is 99.4 Å². The molecule has 3 rings (SSSR count). The molecule has 1 unspecified atom stereocenters. The second kappa shape index (κ2) is 12.4. The summed E-state index contributed by atoms with van der Waals surface area (Å²) < 4.78 is 10.8. The number of phenolic OH excluding ortho intramolecular Hbond substituents is 3. The molecule has 32 heavy (non-hydrogen) atoms. The number of ether oxygens (including phenoxy) is 2. The zero-order chi connectivity index (χ0) is 22.8. The number of aryl methyl sites for hydroxylation is 1. The number of phenols is 3. The molecule has 1 aliphatic heterocycles. The summed E-state index contributed by atoms with van der Waals surface area (Å²) in [5.41, 5.74) is 1.33. The fraction of sp³-hybridized carbons (Fsp3) is 0.538. The number of rotatable bonds is 14. The van der Waals surface area contributed by atoms with Crippen molar-refractivity contribution in [3.63, 3.8) is 0 Å². The molecule has 0 spiro atoms. The fourth-order valence-electron chi connectivity index (χ4n) is 4.24. The van der Waals surface area contributed by atoms with Gasteiger partial charge in [0.2, 0.25) is 6.79 Å². The molecule has 0 radical (unpaired) electrons. The average molecular weight is 445 g/mol. The molecule has 4 N–H and O–H groups in total. The quantitative estimate of drug-likeness (QED) is 0.160. The van der Waals surface area contributed by atoms with Crippen molar-refractivity contribution in [2.24, 2.45) is 0 Å². The van der Waals surface area contributed by atoms with Crippen LogP contribution < -0.4 is 9.47 Å². The summed E-state index contributed by atoms with van der Waals surface area (Å²) in [7, 11) is 0. The summed E-state index contributed by atoms with van der Waals surface area (Å²) >= 11 is 0. The van der Waals surface area contributed by atoms with Crippen LogP contribution in [0.5, 0.6) is 28.7 Å². The Morgan fingerprint density at radius 3 is 2.00 bits per heavy atom. The van der Waals surface area contributed by atoms with Gasteiger partial charge in [-0.25, -0.2) is 0 Å². The van der Waals surface area contributed by atoms with E-state index in [0.29, 0.717) is 13.2 Å². The van der Waals surface area contributed by atoms with Gasteiger partial charge >= 0.3 is 0 Å². The van der Waals surface area contributed by atoms with Gasteiger partial charge in [-0.1, -0.05) is 63.9 Å². The molecule has 1 heterocycles. The molecule has 6 nitrogen and oxygen atoms in total. The van der Waals surface area contributed by atoms with Gasteiger partial charge in [0.15, 0.2) is 23.0 Å². The lowest BCUT2D eigenvalue weighted by Crippen LogP contribution is -1.99. The zero-order valence-corrected chi connectivity index (χ0v) is 18.8. The van der Waals surface area contributed by atoms with E-state index in [4.69, 9.17) is 9.47 Å². The molecule has 0 saturated heterocycles. The highest BCUT2D eigenvalue weighted by molar-refractivity contribution is 5.52. The van der Waals surface area contributed by atoms with Crippen LogP contribution in [-0.2, 0) is 6.42 Å². The SMILES string of the molecule is Oc1ccc(O)c(C(O)CCCCCCCCCCCCc2ccc3c(c2)OCO3)c1O. The van der Waals surface area contributed by atoms with Crippen LogP contribution in [0.1, 0.15) is 87.9 Å². The van der Waals surface area contributed by atoms with Crippen LogP contribution in [0.4, 0.5) is 0 Å². The monoisotopic (exact) mass is 444 g/mol. The van der Waals surface area contributed by atoms with E-state index in [0.717, 1.165) is 37.2 Å². The third-order valence-electron chi connectivity index (χ3n) is 6.14. The maximum atomic E-state index is 10.2. The molecule has 1 aliphatic rings. The largest absolute Gasteiger partial charge is 0.507 e. The number of unbranched alkanes of at least 4 members (excludes halogenated alkanes) is 9. The van der Waals surface area contributed by atoms with E-state index in [1.54, 1.807) is 0 Å². The van der Waals surface area contributed by atoms with Crippen LogP contribution in [-0.4, -0.2) is 27.2 Å². The van der Waals surface area contributed by atoms with Gasteiger partial charge in [-0.15, -0.1) is 0 Å². The van der Waals surface area contributed by atoms with Crippen molar-refractivity contribution in [3.8, 4) is 28.7 Å². The number of benzene rings is 2. The second-order valence-corrected chi connectivity index (χ2v) is 8.64. The Labute approximate surface area is 190 Å². The molecule has 2 aromatic rings. The third kappa shape index (κ3) is 6.95. The molecule has 0 aromatic heterocycles. The van der Waals surface area contributed by atoms with E-state index in [-0.39, 0.29) is 17.1 Å². The molecule has 0 amide bonds. The predicted octanol–water partition coefficient (Wildman–Crippen LogP) is 6.10. The van der Waals surface area contributed by atoms with E-state index < -0.39 is 11.9 Å². The Bertz CT molecular complexity index is 850. The molecule has 6 heteroatoms. The number of aromatic hydroxyl groups is 3. The molecule has 0 bridgehead atoms. The van der Waals surface area contributed by atoms with E-state index in [1.165, 1.54) is 62.6 Å². The van der Waals surface area contributed by atoms with Crippen molar-refractivity contribution in [2.75, 3.05) is 6.79 Å². The summed E-state index contributed by atoms with van der Waals surface area (Å²) in [5, 5.41) is 39.4. The van der Waals surface area contributed by atoms with Crippen LogP contribution in [0.3, 0.4) is 0 Å². The van der Waals surface area contributed by atoms with Crippen LogP contribution in [0, 0.1) is 0 Å². The first-order chi connectivity index (χ1) is 15.6. The molecule has 0 saturated carbocycles. The van der Waals surface area contributed by atoms with Crippen molar-refractivity contribution in [1.82, 2.24) is 0 Å². The number of hydrogen-bond acceptors (Lipinski definition) is 6. The molecule has 176 valence electrons. The second-order valence-electron chi connectivity index (χ2n) is 8.64. The van der Waals surface area contributed by atoms with Crippen molar-refractivity contribution >= 4 is 0 Å². The Morgan fingerprint density at radius 1 is 0.688 bits per heavy atom. The predicted molar refractivity (Wildman–Crippen MR) is 123 cm³/mol. The van der Waals surface area contributed by atoms with Gasteiger partial charge in [-0.2, -0.15) is 0 Å². The highest BCUT2D eigenvalue weighted by atomic mass is 16.7. The lowest BCUT2D eigenvalue weighted by atomic mass is 9.99. The van der Waals surface area contributed by atoms with Gasteiger partial charge in [0, 0.05) is 0 Å². The molecule has 2 aromatic carbocycles. The number of aliphatic hydroxyl groups excluding tert-OH is 1. The van der Waals surface area contributed by atoms with Crippen molar-refractivity contribution < 1.29 is 29.9 Å².